The molecule has 0 spiro atoms. The number of hydrogen-bond acceptors (Lipinski definition) is 4. The van der Waals surface area contributed by atoms with E-state index in [0.29, 0.717) is 17.4 Å². The normalized spacial score (nSPS) is 11.1. The van der Waals surface area contributed by atoms with E-state index in [1.165, 1.54) is 12.1 Å². The van der Waals surface area contributed by atoms with Crippen molar-refractivity contribution in [1.82, 2.24) is 0 Å². The lowest BCUT2D eigenvalue weighted by molar-refractivity contribution is -0.113. The quantitative estimate of drug-likeness (QED) is 0.414. The molecule has 0 saturated heterocycles. The predicted molar refractivity (Wildman–Crippen MR) is 96.2 cm³/mol. The summed E-state index contributed by atoms with van der Waals surface area (Å²) in [6.45, 7) is 1.47. The molecule has 0 radical (unpaired) electrons. The summed E-state index contributed by atoms with van der Waals surface area (Å²) in [6, 6.07) is 8.38. The molecule has 0 aliphatic carbocycles. The van der Waals surface area contributed by atoms with Crippen LogP contribution in [0.25, 0.3) is 5.57 Å². The van der Waals surface area contributed by atoms with Gasteiger partial charge in [-0.3, -0.25) is 4.79 Å². The van der Waals surface area contributed by atoms with Crippen LogP contribution in [0.15, 0.2) is 42.5 Å². The van der Waals surface area contributed by atoms with E-state index in [0.717, 1.165) is 12.1 Å². The molecule has 0 unspecified atom stereocenters. The minimum absolute atomic E-state index is 0.107. The van der Waals surface area contributed by atoms with Gasteiger partial charge in [0.1, 0.15) is 24.5 Å². The molecule has 142 valence electrons. The Bertz CT molecular complexity index is 845. The number of nitrogens with two attached hydrogens (primary N) is 1. The number of primary amides is 1. The molecule has 0 heterocycles. The van der Waals surface area contributed by atoms with Crippen LogP contribution in [0.1, 0.15) is 24.5 Å². The summed E-state index contributed by atoms with van der Waals surface area (Å²) < 4.78 is 38.6. The zero-order chi connectivity index (χ0) is 19.8. The molecular formula is C20H19F2NO4. The summed E-state index contributed by atoms with van der Waals surface area (Å²) in [4.78, 5) is 21.6. The zero-order valence-corrected chi connectivity index (χ0v) is 14.7. The van der Waals surface area contributed by atoms with Crippen molar-refractivity contribution in [3.63, 3.8) is 0 Å². The van der Waals surface area contributed by atoms with Gasteiger partial charge in [0, 0.05) is 12.5 Å². The molecule has 2 N–H and O–H groups in total. The van der Waals surface area contributed by atoms with Crippen LogP contribution in [0, 0.1) is 11.6 Å². The van der Waals surface area contributed by atoms with Crippen molar-refractivity contribution in [3.05, 3.63) is 65.2 Å². The van der Waals surface area contributed by atoms with E-state index in [4.69, 9.17) is 15.2 Å². The largest absolute Gasteiger partial charge is 0.489 e. The Morgan fingerprint density at radius 3 is 2.44 bits per heavy atom. The van der Waals surface area contributed by atoms with E-state index in [9.17, 15) is 18.4 Å². The van der Waals surface area contributed by atoms with Gasteiger partial charge < -0.3 is 20.0 Å². The van der Waals surface area contributed by atoms with E-state index < -0.39 is 17.5 Å². The minimum Gasteiger partial charge on any atom is -0.489 e. The first-order valence-corrected chi connectivity index (χ1v) is 8.16. The van der Waals surface area contributed by atoms with Gasteiger partial charge in [0.15, 0.2) is 11.5 Å². The predicted octanol–water partition coefficient (Wildman–Crippen LogP) is 3.40. The lowest BCUT2D eigenvalue weighted by Crippen LogP contribution is -2.07. The van der Waals surface area contributed by atoms with E-state index in [2.05, 4.69) is 0 Å². The number of rotatable bonds is 9. The maximum Gasteiger partial charge on any atom is 0.241 e. The lowest BCUT2D eigenvalue weighted by atomic mass is 10.1. The first-order valence-electron chi connectivity index (χ1n) is 8.16. The van der Waals surface area contributed by atoms with Crippen LogP contribution >= 0.6 is 0 Å². The van der Waals surface area contributed by atoms with E-state index >= 15 is 0 Å². The molecule has 2 rings (SSSR count). The van der Waals surface area contributed by atoms with E-state index in [1.54, 1.807) is 25.1 Å². The summed E-state index contributed by atoms with van der Waals surface area (Å²) >= 11 is 0. The minimum atomic E-state index is -0.713. The molecular weight excluding hydrogens is 356 g/mol. The molecule has 27 heavy (non-hydrogen) atoms. The van der Waals surface area contributed by atoms with Crippen LogP contribution in [0.5, 0.6) is 11.5 Å². The van der Waals surface area contributed by atoms with Gasteiger partial charge in [0.05, 0.1) is 12.2 Å². The van der Waals surface area contributed by atoms with Crippen LogP contribution in [-0.2, 0) is 16.2 Å². The number of amides is 1. The number of carbonyl (C=O) groups excluding carboxylic acids is 2. The number of halogens is 2. The number of ether oxygens (including phenoxy) is 2. The number of allylic oxidation sites excluding steroid dienone is 1. The van der Waals surface area contributed by atoms with Crippen LogP contribution in [0.4, 0.5) is 8.78 Å². The molecule has 0 fully saturated rings. The van der Waals surface area contributed by atoms with Crippen LogP contribution in [0.3, 0.4) is 0 Å². The fraction of sp³-hybridized carbons (Fsp3) is 0.200. The molecule has 0 saturated carbocycles. The summed E-state index contributed by atoms with van der Waals surface area (Å²) in [5, 5.41) is 0. The van der Waals surface area contributed by atoms with Gasteiger partial charge in [-0.05, 0) is 42.3 Å². The average Bonchev–Trinajstić information content (AvgIpc) is 2.61. The Labute approximate surface area is 155 Å². The molecule has 0 bridgehead atoms. The van der Waals surface area contributed by atoms with Crippen LogP contribution in [0.2, 0.25) is 0 Å². The molecule has 1 amide bonds. The maximum absolute atomic E-state index is 13.8. The monoisotopic (exact) mass is 375 g/mol. The van der Waals surface area contributed by atoms with E-state index in [1.807, 2.05) is 0 Å². The lowest BCUT2D eigenvalue weighted by Gasteiger charge is -2.14. The Hall–Kier alpha value is -3.22. The SMILES string of the molecule is CC(=CC(N)=O)c1ccc(OCc2c(F)cccc2F)c(OCCC=O)c1. The molecule has 2 aromatic carbocycles. The molecule has 5 nitrogen and oxygen atoms in total. The van der Waals surface area contributed by atoms with Gasteiger partial charge in [0.25, 0.3) is 0 Å². The molecule has 0 aliphatic heterocycles. The highest BCUT2D eigenvalue weighted by atomic mass is 19.1. The third-order valence-electron chi connectivity index (χ3n) is 3.68. The highest BCUT2D eigenvalue weighted by Crippen LogP contribution is 2.32. The fourth-order valence-electron chi connectivity index (χ4n) is 2.32. The molecule has 7 heteroatoms. The summed E-state index contributed by atoms with van der Waals surface area (Å²) in [7, 11) is 0. The standard InChI is InChI=1S/C20H19F2NO4/c1-13(10-20(23)25)14-6-7-18(19(11-14)26-9-3-8-24)27-12-15-16(21)4-2-5-17(15)22/h2,4-8,10-11H,3,9,12H2,1H3,(H2,23,25). The van der Waals surface area contributed by atoms with Crippen molar-refractivity contribution in [2.75, 3.05) is 6.61 Å². The molecule has 0 aromatic heterocycles. The van der Waals surface area contributed by atoms with Gasteiger partial charge in [-0.2, -0.15) is 0 Å². The number of aldehydes is 1. The molecule has 0 atom stereocenters. The van der Waals surface area contributed by atoms with Gasteiger partial charge >= 0.3 is 0 Å². The smallest absolute Gasteiger partial charge is 0.241 e. The molecule has 0 aliphatic rings. The first-order chi connectivity index (χ1) is 12.9. The van der Waals surface area contributed by atoms with E-state index in [-0.39, 0.29) is 36.7 Å². The van der Waals surface area contributed by atoms with Crippen molar-refractivity contribution in [2.45, 2.75) is 20.0 Å². The van der Waals surface area contributed by atoms with Gasteiger partial charge in [0.2, 0.25) is 5.91 Å². The van der Waals surface area contributed by atoms with Gasteiger partial charge in [-0.1, -0.05) is 12.1 Å². The topological polar surface area (TPSA) is 78.6 Å². The summed E-state index contributed by atoms with van der Waals surface area (Å²) in [5.74, 6) is -1.49. The van der Waals surface area contributed by atoms with Crippen molar-refractivity contribution in [1.29, 1.82) is 0 Å². The second kappa shape index (κ2) is 9.47. The Morgan fingerprint density at radius 1 is 1.11 bits per heavy atom. The highest BCUT2D eigenvalue weighted by molar-refractivity contribution is 5.93. The summed E-state index contributed by atoms with van der Waals surface area (Å²) in [6.07, 6.45) is 2.14. The van der Waals surface area contributed by atoms with Gasteiger partial charge in [-0.15, -0.1) is 0 Å². The third kappa shape index (κ3) is 5.64. The van der Waals surface area contributed by atoms with Crippen molar-refractivity contribution < 1.29 is 27.8 Å². The number of carbonyl (C=O) groups is 2. The third-order valence-corrected chi connectivity index (χ3v) is 3.68. The van der Waals surface area contributed by atoms with Crippen molar-refractivity contribution in [2.24, 2.45) is 5.73 Å². The Balaban J connectivity index is 2.28. The summed E-state index contributed by atoms with van der Waals surface area (Å²) in [5.41, 5.74) is 6.21. The second-order valence-corrected chi connectivity index (χ2v) is 5.68. The fourth-order valence-corrected chi connectivity index (χ4v) is 2.32. The Kier molecular flexibility index (Phi) is 7.05. The zero-order valence-electron chi connectivity index (χ0n) is 14.7. The van der Waals surface area contributed by atoms with Crippen LogP contribution < -0.4 is 15.2 Å². The van der Waals surface area contributed by atoms with Crippen molar-refractivity contribution >= 4 is 17.8 Å². The number of hydrogen-bond donors (Lipinski definition) is 1. The van der Waals surface area contributed by atoms with Gasteiger partial charge in [-0.25, -0.2) is 8.78 Å². The van der Waals surface area contributed by atoms with Crippen LogP contribution in [-0.4, -0.2) is 18.8 Å². The van der Waals surface area contributed by atoms with Crippen molar-refractivity contribution in [3.8, 4) is 11.5 Å². The first kappa shape index (κ1) is 20.1. The Morgan fingerprint density at radius 2 is 1.81 bits per heavy atom. The molecule has 2 aromatic rings. The number of benzene rings is 2. The highest BCUT2D eigenvalue weighted by Gasteiger charge is 2.13. The maximum atomic E-state index is 13.8. The average molecular weight is 375 g/mol. The second-order valence-electron chi connectivity index (χ2n) is 5.68.